The van der Waals surface area contributed by atoms with Crippen molar-refractivity contribution in [1.82, 2.24) is 0 Å². The highest BCUT2D eigenvalue weighted by molar-refractivity contribution is 7.10. The fourth-order valence-electron chi connectivity index (χ4n) is 2.10. The summed E-state index contributed by atoms with van der Waals surface area (Å²) in [4.78, 5) is 1.57. The van der Waals surface area contributed by atoms with Crippen molar-refractivity contribution in [1.29, 1.82) is 0 Å². The largest absolute Gasteiger partial charge is 0.326 e. The van der Waals surface area contributed by atoms with E-state index in [0.29, 0.717) is 6.54 Å². The summed E-state index contributed by atoms with van der Waals surface area (Å²) in [5, 5.41) is 2.21. The monoisotopic (exact) mass is 195 g/mol. The third-order valence-corrected chi connectivity index (χ3v) is 4.06. The zero-order valence-corrected chi connectivity index (χ0v) is 8.78. The molecule has 2 heteroatoms. The first-order valence-corrected chi connectivity index (χ1v) is 6.05. The van der Waals surface area contributed by atoms with Crippen LogP contribution in [0.1, 0.15) is 48.5 Å². The Hall–Kier alpha value is -0.340. The van der Waals surface area contributed by atoms with Gasteiger partial charge in [-0.05, 0) is 35.8 Å². The van der Waals surface area contributed by atoms with Crippen LogP contribution >= 0.6 is 11.3 Å². The van der Waals surface area contributed by atoms with Crippen LogP contribution in [0, 0.1) is 0 Å². The molecule has 0 atom stereocenters. The highest BCUT2D eigenvalue weighted by Crippen LogP contribution is 2.35. The summed E-state index contributed by atoms with van der Waals surface area (Å²) in [5.74, 6) is 0.846. The average molecular weight is 195 g/mol. The second kappa shape index (κ2) is 4.25. The van der Waals surface area contributed by atoms with Crippen molar-refractivity contribution in [3.8, 4) is 0 Å². The Morgan fingerprint density at radius 2 is 2.08 bits per heavy atom. The van der Waals surface area contributed by atoms with E-state index in [1.54, 1.807) is 4.88 Å². The van der Waals surface area contributed by atoms with Crippen LogP contribution < -0.4 is 5.73 Å². The van der Waals surface area contributed by atoms with Crippen LogP contribution in [0.25, 0.3) is 0 Å². The first-order valence-electron chi connectivity index (χ1n) is 5.17. The normalized spacial score (nSPS) is 19.2. The molecule has 1 aromatic rings. The van der Waals surface area contributed by atoms with Crippen LogP contribution in [0.5, 0.6) is 0 Å². The second-order valence-corrected chi connectivity index (χ2v) is 4.84. The van der Waals surface area contributed by atoms with Crippen LogP contribution in [0.15, 0.2) is 11.4 Å². The molecule has 1 nitrogen and oxygen atoms in total. The summed E-state index contributed by atoms with van der Waals surface area (Å²) in [7, 11) is 0. The van der Waals surface area contributed by atoms with Crippen molar-refractivity contribution < 1.29 is 0 Å². The Morgan fingerprint density at radius 1 is 1.31 bits per heavy atom. The maximum Gasteiger partial charge on any atom is 0.0186 e. The molecule has 1 saturated carbocycles. The van der Waals surface area contributed by atoms with Gasteiger partial charge in [-0.15, -0.1) is 11.3 Å². The molecule has 1 heterocycles. The molecule has 13 heavy (non-hydrogen) atoms. The molecule has 0 bridgehead atoms. The molecule has 0 spiro atoms. The van der Waals surface area contributed by atoms with Gasteiger partial charge in [0.2, 0.25) is 0 Å². The zero-order chi connectivity index (χ0) is 9.10. The van der Waals surface area contributed by atoms with Gasteiger partial charge in [0, 0.05) is 11.4 Å². The van der Waals surface area contributed by atoms with Gasteiger partial charge in [0.05, 0.1) is 0 Å². The number of thiophene rings is 1. The maximum atomic E-state index is 5.60. The van der Waals surface area contributed by atoms with Gasteiger partial charge in [0.25, 0.3) is 0 Å². The minimum Gasteiger partial charge on any atom is -0.326 e. The summed E-state index contributed by atoms with van der Waals surface area (Å²) in [6.07, 6.45) is 7.06. The minimum atomic E-state index is 0.698. The summed E-state index contributed by atoms with van der Waals surface area (Å²) in [6.45, 7) is 0.698. The minimum absolute atomic E-state index is 0.698. The van der Waals surface area contributed by atoms with E-state index in [9.17, 15) is 0 Å². The predicted molar refractivity (Wildman–Crippen MR) is 58.0 cm³/mol. The summed E-state index contributed by atoms with van der Waals surface area (Å²) in [6, 6.07) is 2.31. The lowest BCUT2D eigenvalue weighted by atomic mass is 9.88. The maximum absolute atomic E-state index is 5.60. The number of rotatable bonds is 2. The summed E-state index contributed by atoms with van der Waals surface area (Å²) >= 11 is 1.90. The zero-order valence-electron chi connectivity index (χ0n) is 7.96. The molecule has 1 aliphatic rings. The van der Waals surface area contributed by atoms with Gasteiger partial charge in [-0.1, -0.05) is 19.3 Å². The van der Waals surface area contributed by atoms with E-state index in [1.807, 2.05) is 11.3 Å². The van der Waals surface area contributed by atoms with Crippen molar-refractivity contribution in [3.63, 3.8) is 0 Å². The fraction of sp³-hybridized carbons (Fsp3) is 0.636. The fourth-order valence-corrected chi connectivity index (χ4v) is 3.20. The van der Waals surface area contributed by atoms with Gasteiger partial charge in [0.15, 0.2) is 0 Å². The second-order valence-electron chi connectivity index (χ2n) is 3.90. The number of hydrogen-bond donors (Lipinski definition) is 1. The quantitative estimate of drug-likeness (QED) is 0.770. The van der Waals surface area contributed by atoms with E-state index < -0.39 is 0 Å². The lowest BCUT2D eigenvalue weighted by Gasteiger charge is -2.19. The third kappa shape index (κ3) is 2.12. The van der Waals surface area contributed by atoms with Crippen molar-refractivity contribution in [2.75, 3.05) is 0 Å². The Bertz CT molecular complexity index is 261. The van der Waals surface area contributed by atoms with E-state index in [4.69, 9.17) is 5.73 Å². The van der Waals surface area contributed by atoms with E-state index in [-0.39, 0.29) is 0 Å². The molecule has 1 aromatic heterocycles. The molecule has 0 unspecified atom stereocenters. The SMILES string of the molecule is NCc1csc(C2CCCCC2)c1. The van der Waals surface area contributed by atoms with E-state index in [1.165, 1.54) is 37.7 Å². The van der Waals surface area contributed by atoms with E-state index >= 15 is 0 Å². The molecule has 1 aliphatic carbocycles. The van der Waals surface area contributed by atoms with Crippen LogP contribution in [0.4, 0.5) is 0 Å². The van der Waals surface area contributed by atoms with Crippen LogP contribution in [-0.2, 0) is 6.54 Å². The first-order chi connectivity index (χ1) is 6.40. The van der Waals surface area contributed by atoms with Gasteiger partial charge in [-0.25, -0.2) is 0 Å². The molecule has 2 rings (SSSR count). The predicted octanol–water partition coefficient (Wildman–Crippen LogP) is 3.25. The topological polar surface area (TPSA) is 26.0 Å². The third-order valence-electron chi connectivity index (χ3n) is 2.92. The smallest absolute Gasteiger partial charge is 0.0186 e. The average Bonchev–Trinajstić information content (AvgIpc) is 2.67. The van der Waals surface area contributed by atoms with Gasteiger partial charge in [-0.2, -0.15) is 0 Å². The summed E-state index contributed by atoms with van der Waals surface area (Å²) < 4.78 is 0. The van der Waals surface area contributed by atoms with Gasteiger partial charge < -0.3 is 5.73 Å². The molecule has 0 saturated heterocycles. The van der Waals surface area contributed by atoms with Gasteiger partial charge >= 0.3 is 0 Å². The van der Waals surface area contributed by atoms with E-state index in [2.05, 4.69) is 11.4 Å². The van der Waals surface area contributed by atoms with Crippen LogP contribution in [-0.4, -0.2) is 0 Å². The molecule has 2 N–H and O–H groups in total. The number of nitrogens with two attached hydrogens (primary N) is 1. The summed E-state index contributed by atoms with van der Waals surface area (Å²) in [5.41, 5.74) is 6.91. The molecule has 72 valence electrons. The van der Waals surface area contributed by atoms with E-state index in [0.717, 1.165) is 5.92 Å². The van der Waals surface area contributed by atoms with Crippen molar-refractivity contribution in [3.05, 3.63) is 21.9 Å². The lowest BCUT2D eigenvalue weighted by molar-refractivity contribution is 0.448. The molecule has 0 aliphatic heterocycles. The Balaban J connectivity index is 2.05. The molecule has 0 aromatic carbocycles. The molecular weight excluding hydrogens is 178 g/mol. The van der Waals surface area contributed by atoms with Gasteiger partial charge in [-0.3, -0.25) is 0 Å². The lowest BCUT2D eigenvalue weighted by Crippen LogP contribution is -2.02. The van der Waals surface area contributed by atoms with Crippen molar-refractivity contribution in [2.45, 2.75) is 44.6 Å². The van der Waals surface area contributed by atoms with Crippen LogP contribution in [0.3, 0.4) is 0 Å². The first kappa shape index (κ1) is 9.22. The van der Waals surface area contributed by atoms with Crippen LogP contribution in [0.2, 0.25) is 0 Å². The molecule has 0 radical (unpaired) electrons. The van der Waals surface area contributed by atoms with Gasteiger partial charge in [0.1, 0.15) is 0 Å². The Kier molecular flexibility index (Phi) is 3.01. The number of hydrogen-bond acceptors (Lipinski definition) is 2. The highest BCUT2D eigenvalue weighted by atomic mass is 32.1. The Morgan fingerprint density at radius 3 is 2.69 bits per heavy atom. The molecule has 1 fully saturated rings. The van der Waals surface area contributed by atoms with Crippen molar-refractivity contribution in [2.24, 2.45) is 5.73 Å². The standard InChI is InChI=1S/C11H17NS/c12-7-9-6-11(13-8-9)10-4-2-1-3-5-10/h6,8,10H,1-5,7,12H2. The molecule has 0 amide bonds. The highest BCUT2D eigenvalue weighted by Gasteiger charge is 2.16. The van der Waals surface area contributed by atoms with Crippen molar-refractivity contribution >= 4 is 11.3 Å². The Labute approximate surface area is 84.0 Å². The molecular formula is C11H17NS.